The van der Waals surface area contributed by atoms with E-state index in [1.807, 2.05) is 0 Å². The van der Waals surface area contributed by atoms with Crippen molar-refractivity contribution in [2.75, 3.05) is 5.32 Å². The maximum atomic E-state index is 3.65. The molecule has 0 bridgehead atoms. The first-order valence-corrected chi connectivity index (χ1v) is 6.18. The van der Waals surface area contributed by atoms with Gasteiger partial charge in [-0.1, -0.05) is 43.4 Å². The third-order valence-electron chi connectivity index (χ3n) is 3.28. The monoisotopic (exact) mass is 203 g/mol. The van der Waals surface area contributed by atoms with Crippen LogP contribution in [0.25, 0.3) is 0 Å². The second-order valence-electron chi connectivity index (χ2n) is 4.70. The van der Waals surface area contributed by atoms with Gasteiger partial charge in [0.1, 0.15) is 0 Å². The molecule has 0 aromatic heterocycles. The summed E-state index contributed by atoms with van der Waals surface area (Å²) in [7, 11) is 0. The van der Waals surface area contributed by atoms with E-state index in [9.17, 15) is 0 Å². The highest BCUT2D eigenvalue weighted by molar-refractivity contribution is 5.45. The molecule has 0 amide bonds. The average molecular weight is 203 g/mol. The molecule has 15 heavy (non-hydrogen) atoms. The number of hydrogen-bond donors (Lipinski definition) is 1. The van der Waals surface area contributed by atoms with Crippen LogP contribution in [-0.2, 0) is 0 Å². The summed E-state index contributed by atoms with van der Waals surface area (Å²) in [5.74, 6) is 0. The summed E-state index contributed by atoms with van der Waals surface area (Å²) in [5, 5.41) is 3.65. The molecule has 1 aromatic carbocycles. The van der Waals surface area contributed by atoms with Crippen molar-refractivity contribution in [1.82, 2.24) is 0 Å². The Labute approximate surface area is 92.9 Å². The van der Waals surface area contributed by atoms with Gasteiger partial charge in [-0.05, 0) is 31.9 Å². The fourth-order valence-corrected chi connectivity index (χ4v) is 2.31. The van der Waals surface area contributed by atoms with Crippen molar-refractivity contribution >= 4 is 5.69 Å². The van der Waals surface area contributed by atoms with Gasteiger partial charge < -0.3 is 5.32 Å². The molecule has 1 aliphatic rings. The van der Waals surface area contributed by atoms with E-state index in [1.165, 1.54) is 49.8 Å². The van der Waals surface area contributed by atoms with Crippen molar-refractivity contribution in [3.05, 3.63) is 29.8 Å². The van der Waals surface area contributed by atoms with E-state index >= 15 is 0 Å². The maximum absolute atomic E-state index is 3.65. The molecular weight excluding hydrogens is 182 g/mol. The summed E-state index contributed by atoms with van der Waals surface area (Å²) in [5.41, 5.74) is 2.62. The van der Waals surface area contributed by atoms with Gasteiger partial charge in [0.2, 0.25) is 0 Å². The predicted molar refractivity (Wildman–Crippen MR) is 66.3 cm³/mol. The number of aryl methyl sites for hydroxylation is 1. The molecular formula is C14H21N. The van der Waals surface area contributed by atoms with Crippen LogP contribution in [0.3, 0.4) is 0 Å². The van der Waals surface area contributed by atoms with Crippen LogP contribution in [-0.4, -0.2) is 6.04 Å². The molecule has 0 radical (unpaired) electrons. The van der Waals surface area contributed by atoms with Crippen LogP contribution >= 0.6 is 0 Å². The van der Waals surface area contributed by atoms with Crippen molar-refractivity contribution in [3.63, 3.8) is 0 Å². The van der Waals surface area contributed by atoms with Gasteiger partial charge in [0.15, 0.2) is 0 Å². The molecule has 0 spiro atoms. The quantitative estimate of drug-likeness (QED) is 0.713. The zero-order chi connectivity index (χ0) is 10.5. The first-order chi connectivity index (χ1) is 7.34. The number of anilines is 1. The van der Waals surface area contributed by atoms with Gasteiger partial charge in [-0.15, -0.1) is 0 Å². The summed E-state index contributed by atoms with van der Waals surface area (Å²) in [6, 6.07) is 9.45. The van der Waals surface area contributed by atoms with Crippen LogP contribution in [0.1, 0.15) is 44.1 Å². The molecule has 1 nitrogen and oxygen atoms in total. The molecule has 0 atom stereocenters. The smallest absolute Gasteiger partial charge is 0.0342 e. The fraction of sp³-hybridized carbons (Fsp3) is 0.571. The Kier molecular flexibility index (Phi) is 3.65. The zero-order valence-corrected chi connectivity index (χ0v) is 9.63. The molecule has 2 rings (SSSR count). The Balaban J connectivity index is 1.92. The Morgan fingerprint density at radius 2 is 1.53 bits per heavy atom. The van der Waals surface area contributed by atoms with Crippen LogP contribution in [0.5, 0.6) is 0 Å². The lowest BCUT2D eigenvalue weighted by molar-refractivity contribution is 0.620. The second-order valence-corrected chi connectivity index (χ2v) is 4.70. The molecule has 1 N–H and O–H groups in total. The zero-order valence-electron chi connectivity index (χ0n) is 9.63. The van der Waals surface area contributed by atoms with Gasteiger partial charge in [0.25, 0.3) is 0 Å². The minimum atomic E-state index is 0.704. The van der Waals surface area contributed by atoms with E-state index in [0.717, 1.165) is 0 Å². The Hall–Kier alpha value is -0.980. The minimum absolute atomic E-state index is 0.704. The van der Waals surface area contributed by atoms with E-state index in [4.69, 9.17) is 0 Å². The lowest BCUT2D eigenvalue weighted by Gasteiger charge is -2.17. The van der Waals surface area contributed by atoms with Crippen LogP contribution < -0.4 is 5.32 Å². The number of nitrogens with one attached hydrogen (secondary N) is 1. The third kappa shape index (κ3) is 3.26. The van der Waals surface area contributed by atoms with E-state index in [1.54, 1.807) is 0 Å². The van der Waals surface area contributed by atoms with Crippen LogP contribution in [0.15, 0.2) is 24.3 Å². The highest BCUT2D eigenvalue weighted by atomic mass is 14.9. The topological polar surface area (TPSA) is 12.0 Å². The van der Waals surface area contributed by atoms with Crippen LogP contribution in [0, 0.1) is 6.92 Å². The molecule has 0 saturated heterocycles. The summed E-state index contributed by atoms with van der Waals surface area (Å²) in [6.07, 6.45) is 8.31. The largest absolute Gasteiger partial charge is 0.382 e. The molecule has 1 aromatic rings. The summed E-state index contributed by atoms with van der Waals surface area (Å²) >= 11 is 0. The van der Waals surface area contributed by atoms with Crippen molar-refractivity contribution in [3.8, 4) is 0 Å². The molecule has 0 unspecified atom stereocenters. The summed E-state index contributed by atoms with van der Waals surface area (Å²) < 4.78 is 0. The van der Waals surface area contributed by atoms with Gasteiger partial charge in [-0.2, -0.15) is 0 Å². The summed E-state index contributed by atoms with van der Waals surface area (Å²) in [4.78, 5) is 0. The maximum Gasteiger partial charge on any atom is 0.0342 e. The normalized spacial score (nSPS) is 18.5. The van der Waals surface area contributed by atoms with Gasteiger partial charge in [-0.25, -0.2) is 0 Å². The first-order valence-electron chi connectivity index (χ1n) is 6.18. The van der Waals surface area contributed by atoms with E-state index in [-0.39, 0.29) is 0 Å². The van der Waals surface area contributed by atoms with Crippen molar-refractivity contribution in [2.24, 2.45) is 0 Å². The van der Waals surface area contributed by atoms with Crippen molar-refractivity contribution < 1.29 is 0 Å². The van der Waals surface area contributed by atoms with E-state index in [2.05, 4.69) is 36.5 Å². The third-order valence-corrected chi connectivity index (χ3v) is 3.28. The van der Waals surface area contributed by atoms with Crippen LogP contribution in [0.4, 0.5) is 5.69 Å². The minimum Gasteiger partial charge on any atom is -0.382 e. The van der Waals surface area contributed by atoms with Crippen LogP contribution in [0.2, 0.25) is 0 Å². The Morgan fingerprint density at radius 3 is 2.13 bits per heavy atom. The van der Waals surface area contributed by atoms with E-state index in [0.29, 0.717) is 6.04 Å². The van der Waals surface area contributed by atoms with Crippen molar-refractivity contribution in [2.45, 2.75) is 51.5 Å². The second kappa shape index (κ2) is 5.20. The number of rotatable bonds is 2. The average Bonchev–Trinajstić information content (AvgIpc) is 2.50. The van der Waals surface area contributed by atoms with Gasteiger partial charge in [0.05, 0.1) is 0 Å². The lowest BCUT2D eigenvalue weighted by atomic mass is 10.1. The van der Waals surface area contributed by atoms with E-state index < -0.39 is 0 Å². The molecule has 0 heterocycles. The SMILES string of the molecule is Cc1ccc(NC2CCCCCC2)cc1. The standard InChI is InChI=1S/C14H21N/c1-12-8-10-14(11-9-12)15-13-6-4-2-3-5-7-13/h8-11,13,15H,2-7H2,1H3. The van der Waals surface area contributed by atoms with Gasteiger partial charge in [0, 0.05) is 11.7 Å². The molecule has 1 heteroatoms. The number of benzene rings is 1. The molecule has 0 aliphatic heterocycles. The molecule has 1 saturated carbocycles. The highest BCUT2D eigenvalue weighted by Crippen LogP contribution is 2.21. The molecule has 82 valence electrons. The number of hydrogen-bond acceptors (Lipinski definition) is 1. The Bertz CT molecular complexity index is 281. The fourth-order valence-electron chi connectivity index (χ4n) is 2.31. The predicted octanol–water partition coefficient (Wildman–Crippen LogP) is 4.13. The van der Waals surface area contributed by atoms with Crippen molar-refractivity contribution in [1.29, 1.82) is 0 Å². The molecule has 1 aliphatic carbocycles. The summed E-state index contributed by atoms with van der Waals surface area (Å²) in [6.45, 7) is 2.13. The van der Waals surface area contributed by atoms with Gasteiger partial charge in [-0.3, -0.25) is 0 Å². The molecule has 1 fully saturated rings. The van der Waals surface area contributed by atoms with Gasteiger partial charge >= 0.3 is 0 Å². The first kappa shape index (κ1) is 10.5. The highest BCUT2D eigenvalue weighted by Gasteiger charge is 2.11. The lowest BCUT2D eigenvalue weighted by Crippen LogP contribution is -2.17. The Morgan fingerprint density at radius 1 is 0.933 bits per heavy atom.